The lowest BCUT2D eigenvalue weighted by Crippen LogP contribution is -2.13. The highest BCUT2D eigenvalue weighted by Crippen LogP contribution is 2.31. The van der Waals surface area contributed by atoms with E-state index in [1.54, 1.807) is 72.8 Å². The van der Waals surface area contributed by atoms with Crippen LogP contribution >= 0.6 is 0 Å². The van der Waals surface area contributed by atoms with Crippen molar-refractivity contribution in [1.29, 1.82) is 0 Å². The molecule has 0 fully saturated rings. The molecule has 142 valence electrons. The van der Waals surface area contributed by atoms with E-state index in [-0.39, 0.29) is 5.91 Å². The first-order chi connectivity index (χ1) is 13.6. The van der Waals surface area contributed by atoms with Crippen LogP contribution in [0.3, 0.4) is 0 Å². The molecule has 0 bridgehead atoms. The molecule has 0 unspecified atom stereocenters. The molecule has 3 rings (SSSR count). The van der Waals surface area contributed by atoms with Gasteiger partial charge in [0.2, 0.25) is 0 Å². The highest BCUT2D eigenvalue weighted by molar-refractivity contribution is 6.06. The van der Waals surface area contributed by atoms with Crippen LogP contribution in [0, 0.1) is 0 Å². The summed E-state index contributed by atoms with van der Waals surface area (Å²) in [6.45, 7) is 1.34. The Bertz CT molecular complexity index is 982. The van der Waals surface area contributed by atoms with Gasteiger partial charge >= 0.3 is 5.97 Å². The number of amides is 1. The average molecular weight is 377 g/mol. The van der Waals surface area contributed by atoms with E-state index in [9.17, 15) is 9.59 Å². The molecule has 0 aliphatic rings. The van der Waals surface area contributed by atoms with Crippen LogP contribution in [0.1, 0.15) is 17.3 Å². The molecule has 28 heavy (non-hydrogen) atoms. The van der Waals surface area contributed by atoms with Crippen molar-refractivity contribution < 1.29 is 23.8 Å². The largest absolute Gasteiger partial charge is 0.496 e. The molecule has 0 aliphatic carbocycles. The first kappa shape index (κ1) is 19.0. The van der Waals surface area contributed by atoms with Gasteiger partial charge in [-0.3, -0.25) is 9.59 Å². The maximum absolute atomic E-state index is 12.7. The molecule has 0 radical (unpaired) electrons. The van der Waals surface area contributed by atoms with Crippen molar-refractivity contribution >= 4 is 17.6 Å². The van der Waals surface area contributed by atoms with Crippen LogP contribution in [0.4, 0.5) is 5.69 Å². The summed E-state index contributed by atoms with van der Waals surface area (Å²) in [4.78, 5) is 23.6. The second kappa shape index (κ2) is 8.73. The third kappa shape index (κ3) is 4.67. The van der Waals surface area contributed by atoms with Gasteiger partial charge in [0.25, 0.3) is 5.91 Å². The van der Waals surface area contributed by atoms with Crippen molar-refractivity contribution in [3.63, 3.8) is 0 Å². The Kier molecular flexibility index (Phi) is 5.91. The maximum atomic E-state index is 12.7. The lowest BCUT2D eigenvalue weighted by molar-refractivity contribution is -0.131. The summed E-state index contributed by atoms with van der Waals surface area (Å²) >= 11 is 0. The fourth-order valence-corrected chi connectivity index (χ4v) is 2.55. The molecule has 0 aromatic heterocycles. The number of carbonyl (C=O) groups excluding carboxylic acids is 2. The summed E-state index contributed by atoms with van der Waals surface area (Å²) in [7, 11) is 1.52. The predicted octanol–water partition coefficient (Wildman–Crippen LogP) is 4.67. The SMILES string of the molecule is COc1ccccc1C(=O)Nc1ccccc1Oc1ccc(OC(C)=O)cc1. The highest BCUT2D eigenvalue weighted by atomic mass is 16.5. The van der Waals surface area contributed by atoms with Crippen LogP contribution in [0.15, 0.2) is 72.8 Å². The van der Waals surface area contributed by atoms with E-state index in [4.69, 9.17) is 14.2 Å². The molecule has 3 aromatic carbocycles. The van der Waals surface area contributed by atoms with Gasteiger partial charge in [-0.2, -0.15) is 0 Å². The number of benzene rings is 3. The Morgan fingerprint density at radius 1 is 0.786 bits per heavy atom. The summed E-state index contributed by atoms with van der Waals surface area (Å²) < 4.78 is 16.1. The Labute approximate surface area is 162 Å². The molecular weight excluding hydrogens is 358 g/mol. The Balaban J connectivity index is 1.78. The van der Waals surface area contributed by atoms with E-state index >= 15 is 0 Å². The number of anilines is 1. The van der Waals surface area contributed by atoms with E-state index in [1.807, 2.05) is 0 Å². The number of ether oxygens (including phenoxy) is 3. The molecule has 0 atom stereocenters. The van der Waals surface area contributed by atoms with E-state index in [0.717, 1.165) is 0 Å². The maximum Gasteiger partial charge on any atom is 0.308 e. The molecule has 1 N–H and O–H groups in total. The first-order valence-corrected chi connectivity index (χ1v) is 8.56. The highest BCUT2D eigenvalue weighted by Gasteiger charge is 2.14. The fraction of sp³-hybridized carbons (Fsp3) is 0.0909. The van der Waals surface area contributed by atoms with E-state index in [0.29, 0.717) is 34.2 Å². The van der Waals surface area contributed by atoms with Crippen molar-refractivity contribution in [2.45, 2.75) is 6.92 Å². The lowest BCUT2D eigenvalue weighted by Gasteiger charge is -2.13. The number of nitrogens with one attached hydrogen (secondary N) is 1. The van der Waals surface area contributed by atoms with Crippen LogP contribution in [-0.4, -0.2) is 19.0 Å². The third-order valence-corrected chi connectivity index (χ3v) is 3.80. The molecule has 0 spiro atoms. The lowest BCUT2D eigenvalue weighted by atomic mass is 10.2. The van der Waals surface area contributed by atoms with Crippen molar-refractivity contribution in [2.24, 2.45) is 0 Å². The summed E-state index contributed by atoms with van der Waals surface area (Å²) in [6.07, 6.45) is 0. The molecule has 6 nitrogen and oxygen atoms in total. The zero-order chi connectivity index (χ0) is 19.9. The van der Waals surface area contributed by atoms with Gasteiger partial charge in [0.1, 0.15) is 17.2 Å². The second-order valence-corrected chi connectivity index (χ2v) is 5.82. The van der Waals surface area contributed by atoms with E-state index in [1.165, 1.54) is 14.0 Å². The van der Waals surface area contributed by atoms with Gasteiger partial charge in [-0.25, -0.2) is 0 Å². The first-order valence-electron chi connectivity index (χ1n) is 8.56. The minimum Gasteiger partial charge on any atom is -0.496 e. The minimum atomic E-state index is -0.391. The van der Waals surface area contributed by atoms with Crippen molar-refractivity contribution in [3.05, 3.63) is 78.4 Å². The van der Waals surface area contributed by atoms with E-state index < -0.39 is 5.97 Å². The summed E-state index contributed by atoms with van der Waals surface area (Å²) in [6, 6.07) is 20.7. The van der Waals surface area contributed by atoms with Gasteiger partial charge in [-0.05, 0) is 48.5 Å². The van der Waals surface area contributed by atoms with Gasteiger partial charge < -0.3 is 19.5 Å². The number of para-hydroxylation sites is 3. The normalized spacial score (nSPS) is 10.1. The van der Waals surface area contributed by atoms with Crippen LogP contribution in [0.2, 0.25) is 0 Å². The number of hydrogen-bond donors (Lipinski definition) is 1. The van der Waals surface area contributed by atoms with Crippen LogP contribution in [0.5, 0.6) is 23.0 Å². The van der Waals surface area contributed by atoms with Gasteiger partial charge in [-0.1, -0.05) is 24.3 Å². The van der Waals surface area contributed by atoms with Crippen LogP contribution in [-0.2, 0) is 4.79 Å². The molecule has 1 amide bonds. The number of hydrogen-bond acceptors (Lipinski definition) is 5. The minimum absolute atomic E-state index is 0.307. The molecule has 0 heterocycles. The van der Waals surface area contributed by atoms with Gasteiger partial charge in [0, 0.05) is 6.92 Å². The standard InChI is InChI=1S/C22H19NO5/c1-15(24)27-16-11-13-17(14-12-16)28-21-10-6-4-8-19(21)23-22(25)18-7-3-5-9-20(18)26-2/h3-14H,1-2H3,(H,23,25). The van der Waals surface area contributed by atoms with Gasteiger partial charge in [-0.15, -0.1) is 0 Å². The van der Waals surface area contributed by atoms with Crippen molar-refractivity contribution in [3.8, 4) is 23.0 Å². The second-order valence-electron chi connectivity index (χ2n) is 5.82. The topological polar surface area (TPSA) is 73.9 Å². The fourth-order valence-electron chi connectivity index (χ4n) is 2.55. The molecular formula is C22H19NO5. The predicted molar refractivity (Wildman–Crippen MR) is 105 cm³/mol. The Morgan fingerprint density at radius 2 is 1.39 bits per heavy atom. The molecule has 3 aromatic rings. The molecule has 0 saturated carbocycles. The number of carbonyl (C=O) groups is 2. The van der Waals surface area contributed by atoms with E-state index in [2.05, 4.69) is 5.32 Å². The number of rotatable bonds is 6. The monoisotopic (exact) mass is 377 g/mol. The third-order valence-electron chi connectivity index (χ3n) is 3.80. The number of methoxy groups -OCH3 is 1. The molecule has 0 saturated heterocycles. The number of esters is 1. The van der Waals surface area contributed by atoms with Gasteiger partial charge in [0.05, 0.1) is 18.4 Å². The summed E-state index contributed by atoms with van der Waals surface area (Å²) in [5.74, 6) is 1.23. The van der Waals surface area contributed by atoms with Crippen LogP contribution < -0.4 is 19.5 Å². The molecule has 0 aliphatic heterocycles. The van der Waals surface area contributed by atoms with Crippen molar-refractivity contribution in [1.82, 2.24) is 0 Å². The Hall–Kier alpha value is -3.80. The average Bonchev–Trinajstić information content (AvgIpc) is 2.70. The smallest absolute Gasteiger partial charge is 0.308 e. The zero-order valence-electron chi connectivity index (χ0n) is 15.5. The van der Waals surface area contributed by atoms with Crippen LogP contribution in [0.25, 0.3) is 0 Å². The Morgan fingerprint density at radius 3 is 2.07 bits per heavy atom. The quantitative estimate of drug-likeness (QED) is 0.499. The van der Waals surface area contributed by atoms with Crippen molar-refractivity contribution in [2.75, 3.05) is 12.4 Å². The zero-order valence-corrected chi connectivity index (χ0v) is 15.5. The van der Waals surface area contributed by atoms with Gasteiger partial charge in [0.15, 0.2) is 5.75 Å². The molecule has 6 heteroatoms. The summed E-state index contributed by atoms with van der Waals surface area (Å²) in [5.41, 5.74) is 0.938. The summed E-state index contributed by atoms with van der Waals surface area (Å²) in [5, 5.41) is 2.85.